The first-order chi connectivity index (χ1) is 9.72. The summed E-state index contributed by atoms with van der Waals surface area (Å²) in [6.45, 7) is 6.94. The molecule has 0 aliphatic carbocycles. The number of aryl methyl sites for hydroxylation is 1. The van der Waals surface area contributed by atoms with E-state index in [1.807, 2.05) is 6.92 Å². The number of piperidine rings is 1. The maximum Gasteiger partial charge on any atom is 0.324 e. The minimum absolute atomic E-state index is 0.149. The number of amides is 2. The number of nitrogens with zero attached hydrogens (tertiary/aromatic N) is 4. The second kappa shape index (κ2) is 7.23. The van der Waals surface area contributed by atoms with Crippen molar-refractivity contribution in [2.24, 2.45) is 0 Å². The molecule has 1 aliphatic heterocycles. The van der Waals surface area contributed by atoms with Gasteiger partial charge in [-0.2, -0.15) is 0 Å². The van der Waals surface area contributed by atoms with Gasteiger partial charge in [0.05, 0.1) is 6.10 Å². The average molecular weight is 281 g/mol. The lowest BCUT2D eigenvalue weighted by atomic mass is 10.1. The molecule has 1 aliphatic rings. The lowest BCUT2D eigenvalue weighted by molar-refractivity contribution is 0.0115. The van der Waals surface area contributed by atoms with Crippen molar-refractivity contribution in [3.63, 3.8) is 0 Å². The van der Waals surface area contributed by atoms with Crippen LogP contribution in [0.1, 0.15) is 33.1 Å². The Labute approximate surface area is 119 Å². The predicted octanol–water partition coefficient (Wildman–Crippen LogP) is 1.72. The van der Waals surface area contributed by atoms with Crippen molar-refractivity contribution in [3.8, 4) is 0 Å². The maximum atomic E-state index is 12.2. The van der Waals surface area contributed by atoms with Gasteiger partial charge in [0.15, 0.2) is 0 Å². The monoisotopic (exact) mass is 281 g/mol. The highest BCUT2D eigenvalue weighted by Gasteiger charge is 2.24. The number of hydrogen-bond donors (Lipinski definition) is 1. The quantitative estimate of drug-likeness (QED) is 0.892. The summed E-state index contributed by atoms with van der Waals surface area (Å²) in [4.78, 5) is 18.0. The Morgan fingerprint density at radius 2 is 2.40 bits per heavy atom. The lowest BCUT2D eigenvalue weighted by Crippen LogP contribution is -2.45. The fraction of sp³-hybridized carbons (Fsp3) is 0.769. The smallest absolute Gasteiger partial charge is 0.324 e. The largest absolute Gasteiger partial charge is 0.376 e. The van der Waals surface area contributed by atoms with Gasteiger partial charge in [-0.15, -0.1) is 5.10 Å². The van der Waals surface area contributed by atoms with Crippen LogP contribution in [-0.4, -0.2) is 51.5 Å². The Balaban J connectivity index is 1.85. The molecule has 1 atom stereocenters. The second-order valence-electron chi connectivity index (χ2n) is 4.94. The highest BCUT2D eigenvalue weighted by atomic mass is 16.5. The van der Waals surface area contributed by atoms with E-state index >= 15 is 0 Å². The summed E-state index contributed by atoms with van der Waals surface area (Å²) in [5.74, 6) is 0.355. The van der Waals surface area contributed by atoms with Gasteiger partial charge in [-0.25, -0.2) is 9.78 Å². The molecule has 2 rings (SSSR count). The summed E-state index contributed by atoms with van der Waals surface area (Å²) >= 11 is 0. The molecule has 1 aromatic rings. The first-order valence-electron chi connectivity index (χ1n) is 7.30. The van der Waals surface area contributed by atoms with Gasteiger partial charge in [0.1, 0.15) is 6.33 Å². The normalized spacial score (nSPS) is 19.1. The Morgan fingerprint density at radius 1 is 1.55 bits per heavy atom. The van der Waals surface area contributed by atoms with Gasteiger partial charge in [0.25, 0.3) is 0 Å². The second-order valence-corrected chi connectivity index (χ2v) is 4.94. The van der Waals surface area contributed by atoms with Crippen LogP contribution in [0, 0.1) is 0 Å². The summed E-state index contributed by atoms with van der Waals surface area (Å²) < 4.78 is 7.41. The van der Waals surface area contributed by atoms with Gasteiger partial charge in [-0.05, 0) is 26.2 Å². The van der Waals surface area contributed by atoms with Crippen LogP contribution >= 0.6 is 0 Å². The zero-order valence-electron chi connectivity index (χ0n) is 12.2. The Hall–Kier alpha value is -1.63. The van der Waals surface area contributed by atoms with Gasteiger partial charge in [0, 0.05) is 26.2 Å². The molecule has 112 valence electrons. The van der Waals surface area contributed by atoms with Gasteiger partial charge in [-0.3, -0.25) is 10.00 Å². The van der Waals surface area contributed by atoms with Crippen LogP contribution in [0.2, 0.25) is 0 Å². The Kier molecular flexibility index (Phi) is 5.34. The third kappa shape index (κ3) is 3.93. The molecule has 0 saturated carbocycles. The zero-order valence-corrected chi connectivity index (χ0v) is 12.2. The number of likely N-dealkylation sites (tertiary alicyclic amines) is 1. The molecular weight excluding hydrogens is 258 g/mol. The number of anilines is 1. The van der Waals surface area contributed by atoms with E-state index in [-0.39, 0.29) is 12.1 Å². The average Bonchev–Trinajstić information content (AvgIpc) is 2.93. The van der Waals surface area contributed by atoms with E-state index < -0.39 is 0 Å². The van der Waals surface area contributed by atoms with E-state index in [0.29, 0.717) is 12.5 Å². The summed E-state index contributed by atoms with van der Waals surface area (Å²) in [6, 6.07) is -0.149. The number of nitrogens with one attached hydrogen (secondary N) is 1. The van der Waals surface area contributed by atoms with Gasteiger partial charge in [0.2, 0.25) is 5.95 Å². The van der Waals surface area contributed by atoms with E-state index in [0.717, 1.165) is 39.0 Å². The fourth-order valence-electron chi connectivity index (χ4n) is 2.22. The third-order valence-corrected chi connectivity index (χ3v) is 3.30. The molecule has 7 heteroatoms. The highest BCUT2D eigenvalue weighted by Crippen LogP contribution is 2.14. The van der Waals surface area contributed by atoms with Crippen LogP contribution in [-0.2, 0) is 11.3 Å². The maximum absolute atomic E-state index is 12.2. The number of carbonyl (C=O) groups excluding carboxylic acids is 1. The molecular formula is C13H23N5O2. The van der Waals surface area contributed by atoms with Crippen LogP contribution in [0.3, 0.4) is 0 Å². The van der Waals surface area contributed by atoms with E-state index in [9.17, 15) is 4.79 Å². The van der Waals surface area contributed by atoms with Crippen LogP contribution in [0.25, 0.3) is 0 Å². The fourth-order valence-corrected chi connectivity index (χ4v) is 2.22. The molecule has 0 bridgehead atoms. The molecule has 1 aromatic heterocycles. The Morgan fingerprint density at radius 3 is 3.10 bits per heavy atom. The predicted molar refractivity (Wildman–Crippen MR) is 75.6 cm³/mol. The molecule has 20 heavy (non-hydrogen) atoms. The number of urea groups is 1. The van der Waals surface area contributed by atoms with Gasteiger partial charge >= 0.3 is 6.03 Å². The zero-order chi connectivity index (χ0) is 14.4. The first kappa shape index (κ1) is 14.8. The van der Waals surface area contributed by atoms with Crippen molar-refractivity contribution in [1.82, 2.24) is 19.7 Å². The molecule has 1 N–H and O–H groups in total. The molecule has 1 saturated heterocycles. The SMILES string of the molecule is CCCO[C@@H]1CCCN(C(=O)Nc2ncn(CC)n2)C1. The van der Waals surface area contributed by atoms with Gasteiger partial charge < -0.3 is 9.64 Å². The van der Waals surface area contributed by atoms with Crippen LogP contribution in [0.5, 0.6) is 0 Å². The Bertz CT molecular complexity index is 434. The molecule has 1 fully saturated rings. The van der Waals surface area contributed by atoms with E-state index in [1.54, 1.807) is 15.9 Å². The van der Waals surface area contributed by atoms with Crippen molar-refractivity contribution >= 4 is 12.0 Å². The number of carbonyl (C=O) groups is 1. The van der Waals surface area contributed by atoms with Crippen LogP contribution in [0.4, 0.5) is 10.7 Å². The van der Waals surface area contributed by atoms with Crippen LogP contribution in [0.15, 0.2) is 6.33 Å². The molecule has 7 nitrogen and oxygen atoms in total. The van der Waals surface area contributed by atoms with Crippen LogP contribution < -0.4 is 5.32 Å². The minimum atomic E-state index is -0.149. The van der Waals surface area contributed by atoms with E-state index in [2.05, 4.69) is 22.3 Å². The molecule has 2 heterocycles. The van der Waals surface area contributed by atoms with E-state index in [1.165, 1.54) is 0 Å². The van der Waals surface area contributed by atoms with Crippen molar-refractivity contribution < 1.29 is 9.53 Å². The number of aromatic nitrogens is 3. The summed E-state index contributed by atoms with van der Waals surface area (Å²) in [7, 11) is 0. The summed E-state index contributed by atoms with van der Waals surface area (Å²) in [6.07, 6.45) is 4.75. The molecule has 2 amide bonds. The summed E-state index contributed by atoms with van der Waals surface area (Å²) in [5, 5.41) is 6.88. The lowest BCUT2D eigenvalue weighted by Gasteiger charge is -2.32. The van der Waals surface area contributed by atoms with Crippen molar-refractivity contribution in [2.75, 3.05) is 25.0 Å². The van der Waals surface area contributed by atoms with Crippen molar-refractivity contribution in [1.29, 1.82) is 0 Å². The number of hydrogen-bond acceptors (Lipinski definition) is 4. The van der Waals surface area contributed by atoms with Crippen molar-refractivity contribution in [3.05, 3.63) is 6.33 Å². The standard InChI is InChI=1S/C13H23N5O2/c1-3-8-20-11-6-5-7-17(9-11)13(19)15-12-14-10-18(4-2)16-12/h10-11H,3-9H2,1-2H3,(H,15,16,19)/t11-/m1/s1. The molecule has 0 aromatic carbocycles. The van der Waals surface area contributed by atoms with E-state index in [4.69, 9.17) is 4.74 Å². The molecule has 0 radical (unpaired) electrons. The summed E-state index contributed by atoms with van der Waals surface area (Å²) in [5.41, 5.74) is 0. The molecule has 0 unspecified atom stereocenters. The third-order valence-electron chi connectivity index (χ3n) is 3.30. The van der Waals surface area contributed by atoms with Gasteiger partial charge in [-0.1, -0.05) is 6.92 Å². The van der Waals surface area contributed by atoms with Crippen molar-refractivity contribution in [2.45, 2.75) is 45.8 Å². The minimum Gasteiger partial charge on any atom is -0.376 e. The number of ether oxygens (including phenoxy) is 1. The topological polar surface area (TPSA) is 72.3 Å². The highest BCUT2D eigenvalue weighted by molar-refractivity contribution is 5.87. The number of rotatable bonds is 5. The molecule has 0 spiro atoms. The first-order valence-corrected chi connectivity index (χ1v) is 7.30.